The molecule has 0 spiro atoms. The van der Waals surface area contributed by atoms with Crippen LogP contribution in [0.4, 0.5) is 0 Å². The first kappa shape index (κ1) is 18.6. The number of thiocarbonyl (C=S) groups is 2. The summed E-state index contributed by atoms with van der Waals surface area (Å²) in [5, 5.41) is 16.4. The van der Waals surface area contributed by atoms with Crippen molar-refractivity contribution in [2.45, 2.75) is 0 Å². The summed E-state index contributed by atoms with van der Waals surface area (Å²) in [6.07, 6.45) is 0. The topological polar surface area (TPSA) is 46.9 Å². The molecular weight excluding hydrogens is 255 g/mol. The molecule has 0 atom stereocenters. The second-order valence-electron chi connectivity index (χ2n) is 2.35. The van der Waals surface area contributed by atoms with E-state index < -0.39 is 0 Å². The minimum atomic E-state index is -0.0741. The third kappa shape index (κ3) is 18.7. The van der Waals surface area contributed by atoms with E-state index in [2.05, 4.69) is 24.4 Å². The predicted molar refractivity (Wildman–Crippen MR) is 57.8 cm³/mol. The second kappa shape index (κ2) is 9.97. The summed E-state index contributed by atoms with van der Waals surface area (Å²) >= 11 is 8.60. The normalized spacial score (nSPS) is 7.08. The molecule has 0 unspecified atom stereocenters. The summed E-state index contributed by atoms with van der Waals surface area (Å²) in [6.45, 7) is 0. The van der Waals surface area contributed by atoms with E-state index in [1.807, 2.05) is 0 Å². The average Bonchev–Trinajstić information content (AvgIpc) is 1.88. The molecule has 0 bridgehead atoms. The zero-order valence-electron chi connectivity index (χ0n) is 7.94. The fourth-order valence-corrected chi connectivity index (χ4v) is 0. The van der Waals surface area contributed by atoms with Crippen LogP contribution in [0.15, 0.2) is 0 Å². The van der Waals surface area contributed by atoms with E-state index in [1.54, 1.807) is 28.2 Å². The van der Waals surface area contributed by atoms with Gasteiger partial charge in [0.25, 0.3) is 10.3 Å². The summed E-state index contributed by atoms with van der Waals surface area (Å²) in [7, 11) is 6.73. The van der Waals surface area contributed by atoms with Gasteiger partial charge in [-0.1, -0.05) is 0 Å². The third-order valence-corrected chi connectivity index (χ3v) is 1.50. The molecule has 0 saturated heterocycles. The van der Waals surface area contributed by atoms with Gasteiger partial charge < -0.3 is 20.0 Å². The molecule has 13 heavy (non-hydrogen) atoms. The fourth-order valence-electron chi connectivity index (χ4n) is 0. The Morgan fingerprint density at radius 1 is 0.846 bits per heavy atom. The maximum atomic E-state index is 8.29. The fraction of sp³-hybridized carbons (Fsp3) is 0.667. The molecule has 0 amide bonds. The second-order valence-corrected chi connectivity index (χ2v) is 3.08. The van der Waals surface area contributed by atoms with Crippen LogP contribution in [0.3, 0.4) is 0 Å². The summed E-state index contributed by atoms with van der Waals surface area (Å²) in [4.78, 5) is 2.91. The van der Waals surface area contributed by atoms with Crippen LogP contribution < -0.4 is 0 Å². The molecule has 0 saturated carbocycles. The van der Waals surface area contributed by atoms with Gasteiger partial charge in [0.2, 0.25) is 0 Å². The van der Waals surface area contributed by atoms with Crippen molar-refractivity contribution < 1.29 is 27.0 Å². The molecule has 0 aromatic rings. The monoisotopic (exact) mass is 269 g/mol. The molecule has 0 aliphatic carbocycles. The smallest absolute Gasteiger partial charge is 0.256 e. The average molecular weight is 269 g/mol. The first-order chi connectivity index (χ1) is 5.29. The van der Waals surface area contributed by atoms with Gasteiger partial charge in [0, 0.05) is 45.0 Å². The van der Waals surface area contributed by atoms with Gasteiger partial charge in [-0.05, 0) is 24.4 Å². The van der Waals surface area contributed by atoms with E-state index in [0.29, 0.717) is 0 Å². The predicted octanol–water partition coefficient (Wildman–Crippen LogP) is 0.779. The van der Waals surface area contributed by atoms with Crippen molar-refractivity contribution in [1.82, 2.24) is 9.80 Å². The van der Waals surface area contributed by atoms with Crippen LogP contribution in [0.25, 0.3) is 0 Å². The molecule has 2 N–H and O–H groups in total. The van der Waals surface area contributed by atoms with Gasteiger partial charge in [0.1, 0.15) is 0 Å². The van der Waals surface area contributed by atoms with Crippen LogP contribution in [0.1, 0.15) is 0 Å². The standard InChI is InChI=1S/2C3H7NOS.Co/c2*1-4(2)3(5)6;/h2*1-2H3,(H,5,6);. The van der Waals surface area contributed by atoms with Crippen molar-refractivity contribution >= 4 is 34.8 Å². The van der Waals surface area contributed by atoms with Crippen molar-refractivity contribution in [3.05, 3.63) is 0 Å². The Balaban J connectivity index is -0.000000143. The Labute approximate surface area is 99.7 Å². The van der Waals surface area contributed by atoms with Crippen LogP contribution in [0.2, 0.25) is 0 Å². The molecular formula is C6H14CoN2O2S2. The quantitative estimate of drug-likeness (QED) is 0.634. The van der Waals surface area contributed by atoms with E-state index in [1.165, 1.54) is 9.80 Å². The van der Waals surface area contributed by atoms with Crippen LogP contribution in [0, 0.1) is 0 Å². The minimum Gasteiger partial charge on any atom is -0.487 e. The maximum absolute atomic E-state index is 8.29. The molecule has 1 radical (unpaired) electrons. The number of rotatable bonds is 0. The van der Waals surface area contributed by atoms with Gasteiger partial charge in [0.15, 0.2) is 0 Å². The van der Waals surface area contributed by atoms with Gasteiger partial charge in [-0.3, -0.25) is 0 Å². The minimum absolute atomic E-state index is 0. The molecule has 0 aromatic heterocycles. The van der Waals surface area contributed by atoms with Crippen LogP contribution in [-0.4, -0.2) is 58.6 Å². The molecule has 0 aromatic carbocycles. The van der Waals surface area contributed by atoms with Crippen LogP contribution >= 0.6 is 24.4 Å². The maximum Gasteiger partial charge on any atom is 0.256 e. The SMILES string of the molecule is CN(C)C(O)=S.CN(C)C(O)=S.[Co]. The zero-order chi connectivity index (χ0) is 10.3. The summed E-state index contributed by atoms with van der Waals surface area (Å²) in [5.74, 6) is 0. The van der Waals surface area contributed by atoms with Crippen molar-refractivity contribution in [2.75, 3.05) is 28.2 Å². The molecule has 0 heterocycles. The summed E-state index contributed by atoms with van der Waals surface area (Å²) in [5.41, 5.74) is 0. The van der Waals surface area contributed by atoms with Crippen LogP contribution in [-0.2, 0) is 16.8 Å². The molecule has 0 fully saturated rings. The van der Waals surface area contributed by atoms with Crippen molar-refractivity contribution in [3.63, 3.8) is 0 Å². The molecule has 4 nitrogen and oxygen atoms in total. The molecule has 7 heteroatoms. The summed E-state index contributed by atoms with van der Waals surface area (Å²) < 4.78 is 0. The Kier molecular flexibility index (Phi) is 14.3. The number of nitrogens with zero attached hydrogens (tertiary/aromatic N) is 2. The Hall–Kier alpha value is -0.114. The molecule has 0 aliphatic heterocycles. The van der Waals surface area contributed by atoms with E-state index in [0.717, 1.165) is 0 Å². The Morgan fingerprint density at radius 3 is 0.923 bits per heavy atom. The third-order valence-electron chi connectivity index (χ3n) is 0.765. The van der Waals surface area contributed by atoms with Crippen molar-refractivity contribution in [1.29, 1.82) is 0 Å². The van der Waals surface area contributed by atoms with Crippen molar-refractivity contribution in [2.24, 2.45) is 0 Å². The van der Waals surface area contributed by atoms with Gasteiger partial charge in [-0.2, -0.15) is 0 Å². The van der Waals surface area contributed by atoms with Crippen molar-refractivity contribution in [3.8, 4) is 0 Å². The van der Waals surface area contributed by atoms with Gasteiger partial charge in [-0.25, -0.2) is 0 Å². The molecule has 0 rings (SSSR count). The first-order valence-electron chi connectivity index (χ1n) is 3.09. The van der Waals surface area contributed by atoms with Crippen LogP contribution in [0.5, 0.6) is 0 Å². The van der Waals surface area contributed by atoms with E-state index >= 15 is 0 Å². The molecule has 81 valence electrons. The number of hydrogen-bond acceptors (Lipinski definition) is 2. The van der Waals surface area contributed by atoms with E-state index in [-0.39, 0.29) is 27.1 Å². The van der Waals surface area contributed by atoms with E-state index in [4.69, 9.17) is 10.2 Å². The van der Waals surface area contributed by atoms with Gasteiger partial charge in [0.05, 0.1) is 0 Å². The first-order valence-corrected chi connectivity index (χ1v) is 3.91. The molecule has 0 aliphatic rings. The van der Waals surface area contributed by atoms with Gasteiger partial charge >= 0.3 is 0 Å². The summed E-state index contributed by atoms with van der Waals surface area (Å²) in [6, 6.07) is 0. The number of hydrogen-bond donors (Lipinski definition) is 2. The number of aliphatic hydroxyl groups excluding tert-OH is 2. The number of aliphatic hydroxyl groups is 2. The van der Waals surface area contributed by atoms with E-state index in [9.17, 15) is 0 Å². The largest absolute Gasteiger partial charge is 0.487 e. The Morgan fingerprint density at radius 2 is 0.923 bits per heavy atom. The Bertz CT molecular complexity index is 147. The van der Waals surface area contributed by atoms with Gasteiger partial charge in [-0.15, -0.1) is 0 Å². The zero-order valence-corrected chi connectivity index (χ0v) is 10.6.